The lowest BCUT2D eigenvalue weighted by molar-refractivity contribution is 0.239. The molecule has 0 heterocycles. The van der Waals surface area contributed by atoms with Crippen LogP contribution in [0.15, 0.2) is 24.3 Å². The van der Waals surface area contributed by atoms with E-state index in [1.807, 2.05) is 0 Å². The van der Waals surface area contributed by atoms with Gasteiger partial charge in [0.15, 0.2) is 0 Å². The average molecular weight is 343 g/mol. The molecular formula is C16H30O4Si2. The quantitative estimate of drug-likeness (QED) is 0.675. The predicted molar refractivity (Wildman–Crippen MR) is 94.5 cm³/mol. The van der Waals surface area contributed by atoms with Gasteiger partial charge in [0, 0.05) is 39.5 Å². The van der Waals surface area contributed by atoms with Gasteiger partial charge in [-0.2, -0.15) is 0 Å². The maximum Gasteiger partial charge on any atom is 0.341 e. The molecule has 1 aromatic carbocycles. The molecule has 0 spiro atoms. The van der Waals surface area contributed by atoms with E-state index >= 15 is 0 Å². The Hall–Kier alpha value is -0.506. The van der Waals surface area contributed by atoms with Crippen molar-refractivity contribution in [2.45, 2.75) is 38.0 Å². The summed E-state index contributed by atoms with van der Waals surface area (Å²) < 4.78 is 22.8. The maximum atomic E-state index is 5.69. The molecule has 2 unspecified atom stereocenters. The van der Waals surface area contributed by atoms with Crippen LogP contribution in [0, 0.1) is 0 Å². The highest BCUT2D eigenvalue weighted by molar-refractivity contribution is 6.68. The number of hydrogen-bond acceptors (Lipinski definition) is 4. The minimum Gasteiger partial charge on any atom is -0.397 e. The largest absolute Gasteiger partial charge is 0.397 e. The molecule has 0 aromatic heterocycles. The van der Waals surface area contributed by atoms with Gasteiger partial charge in [-0.3, -0.25) is 0 Å². The molecule has 0 bridgehead atoms. The first-order valence-corrected chi connectivity index (χ1v) is 12.4. The molecule has 1 rings (SSSR count). The SMILES string of the molecule is CO[Si](C)(OC)C(C)c1cccc(C(C)[Si](C)(OC)OC)c1. The Morgan fingerprint density at radius 1 is 0.727 bits per heavy atom. The van der Waals surface area contributed by atoms with E-state index in [-0.39, 0.29) is 11.1 Å². The molecule has 0 saturated heterocycles. The van der Waals surface area contributed by atoms with Crippen LogP contribution in [0.2, 0.25) is 13.1 Å². The van der Waals surface area contributed by atoms with Gasteiger partial charge in [0.1, 0.15) is 0 Å². The van der Waals surface area contributed by atoms with Crippen LogP contribution in [0.4, 0.5) is 0 Å². The first-order chi connectivity index (χ1) is 10.3. The smallest absolute Gasteiger partial charge is 0.341 e. The first-order valence-electron chi connectivity index (χ1n) is 7.58. The van der Waals surface area contributed by atoms with Crippen molar-refractivity contribution in [2.24, 2.45) is 0 Å². The molecule has 4 nitrogen and oxygen atoms in total. The van der Waals surface area contributed by atoms with Gasteiger partial charge in [-0.05, 0) is 24.2 Å². The molecule has 0 aliphatic carbocycles. The van der Waals surface area contributed by atoms with Gasteiger partial charge in [-0.25, -0.2) is 0 Å². The van der Waals surface area contributed by atoms with Crippen LogP contribution in [-0.2, 0) is 17.7 Å². The number of benzene rings is 1. The fraction of sp³-hybridized carbons (Fsp3) is 0.625. The molecule has 126 valence electrons. The molecule has 0 saturated carbocycles. The molecule has 0 N–H and O–H groups in total. The van der Waals surface area contributed by atoms with Crippen LogP contribution in [0.1, 0.15) is 36.1 Å². The highest BCUT2D eigenvalue weighted by Crippen LogP contribution is 2.32. The van der Waals surface area contributed by atoms with Crippen LogP contribution in [0.3, 0.4) is 0 Å². The molecule has 0 radical (unpaired) electrons. The van der Waals surface area contributed by atoms with E-state index in [9.17, 15) is 0 Å². The molecule has 2 atom stereocenters. The fourth-order valence-electron chi connectivity index (χ4n) is 2.58. The van der Waals surface area contributed by atoms with E-state index in [1.54, 1.807) is 28.4 Å². The molecule has 22 heavy (non-hydrogen) atoms. The molecule has 1 aromatic rings. The zero-order valence-corrected chi connectivity index (χ0v) is 17.1. The minimum atomic E-state index is -2.21. The van der Waals surface area contributed by atoms with E-state index < -0.39 is 17.1 Å². The van der Waals surface area contributed by atoms with Gasteiger partial charge in [-0.1, -0.05) is 38.1 Å². The first kappa shape index (κ1) is 19.5. The van der Waals surface area contributed by atoms with E-state index in [2.05, 4.69) is 51.2 Å². The zero-order chi connectivity index (χ0) is 17.0. The highest BCUT2D eigenvalue weighted by Gasteiger charge is 2.39. The van der Waals surface area contributed by atoms with Gasteiger partial charge in [0.2, 0.25) is 0 Å². The van der Waals surface area contributed by atoms with Gasteiger partial charge in [0.05, 0.1) is 0 Å². The Bertz CT molecular complexity index is 434. The fourth-order valence-corrected chi connectivity index (χ4v) is 5.89. The predicted octanol–water partition coefficient (Wildman–Crippen LogP) is 3.70. The monoisotopic (exact) mass is 342 g/mol. The third-order valence-corrected chi connectivity index (χ3v) is 12.2. The van der Waals surface area contributed by atoms with Crippen LogP contribution < -0.4 is 0 Å². The minimum absolute atomic E-state index is 0.243. The van der Waals surface area contributed by atoms with Gasteiger partial charge >= 0.3 is 17.1 Å². The van der Waals surface area contributed by atoms with E-state index in [0.717, 1.165) is 0 Å². The average Bonchev–Trinajstić information content (AvgIpc) is 2.58. The summed E-state index contributed by atoms with van der Waals surface area (Å²) in [6.45, 7) is 8.53. The van der Waals surface area contributed by atoms with Crippen molar-refractivity contribution in [3.05, 3.63) is 35.4 Å². The summed E-state index contributed by atoms with van der Waals surface area (Å²) in [5.41, 5.74) is 2.97. The summed E-state index contributed by atoms with van der Waals surface area (Å²) >= 11 is 0. The standard InChI is InChI=1S/C16H30O4Si2/c1-13(21(7,17-3)18-4)15-10-9-11-16(12-15)14(2)22(8,19-5)20-6/h9-14H,1-8H3. The lowest BCUT2D eigenvalue weighted by Gasteiger charge is -2.32. The lowest BCUT2D eigenvalue weighted by atomic mass is 10.1. The molecule has 0 fully saturated rings. The third-order valence-electron chi connectivity index (χ3n) is 5.11. The molecule has 6 heteroatoms. The third kappa shape index (κ3) is 3.87. The highest BCUT2D eigenvalue weighted by atomic mass is 28.4. The number of rotatable bonds is 8. The van der Waals surface area contributed by atoms with Crippen molar-refractivity contribution in [1.29, 1.82) is 0 Å². The zero-order valence-electron chi connectivity index (χ0n) is 15.1. The van der Waals surface area contributed by atoms with Crippen LogP contribution >= 0.6 is 0 Å². The summed E-state index contributed by atoms with van der Waals surface area (Å²) in [6, 6.07) is 8.62. The van der Waals surface area contributed by atoms with Crippen molar-refractivity contribution in [1.82, 2.24) is 0 Å². The van der Waals surface area contributed by atoms with Crippen molar-refractivity contribution in [3.63, 3.8) is 0 Å². The van der Waals surface area contributed by atoms with Crippen molar-refractivity contribution in [3.8, 4) is 0 Å². The summed E-state index contributed by atoms with van der Waals surface area (Å²) in [7, 11) is 2.51. The molecule has 0 aliphatic heterocycles. The Morgan fingerprint density at radius 2 is 1.05 bits per heavy atom. The summed E-state index contributed by atoms with van der Waals surface area (Å²) in [5, 5.41) is 0. The lowest BCUT2D eigenvalue weighted by Crippen LogP contribution is -2.43. The van der Waals surface area contributed by atoms with E-state index in [0.29, 0.717) is 0 Å². The van der Waals surface area contributed by atoms with Crippen LogP contribution in [-0.4, -0.2) is 45.6 Å². The van der Waals surface area contributed by atoms with Crippen LogP contribution in [0.25, 0.3) is 0 Å². The van der Waals surface area contributed by atoms with Gasteiger partial charge in [0.25, 0.3) is 0 Å². The van der Waals surface area contributed by atoms with Gasteiger partial charge < -0.3 is 17.7 Å². The second-order valence-corrected chi connectivity index (χ2v) is 13.4. The van der Waals surface area contributed by atoms with E-state index in [4.69, 9.17) is 17.7 Å². The van der Waals surface area contributed by atoms with Gasteiger partial charge in [-0.15, -0.1) is 0 Å². The van der Waals surface area contributed by atoms with Crippen molar-refractivity contribution >= 4 is 17.1 Å². The molecular weight excluding hydrogens is 312 g/mol. The molecule has 0 amide bonds. The normalized spacial score (nSPS) is 15.6. The number of hydrogen-bond donors (Lipinski definition) is 0. The van der Waals surface area contributed by atoms with Crippen LogP contribution in [0.5, 0.6) is 0 Å². The Morgan fingerprint density at radius 3 is 1.32 bits per heavy atom. The Kier molecular flexibility index (Phi) is 6.97. The van der Waals surface area contributed by atoms with Crippen molar-refractivity contribution in [2.75, 3.05) is 28.4 Å². The Labute approximate surface area is 137 Å². The second-order valence-electron chi connectivity index (χ2n) is 5.96. The summed E-state index contributed by atoms with van der Waals surface area (Å²) in [5.74, 6) is 0. The summed E-state index contributed by atoms with van der Waals surface area (Å²) in [4.78, 5) is 0. The topological polar surface area (TPSA) is 36.9 Å². The Balaban J connectivity index is 3.14. The maximum absolute atomic E-state index is 5.69. The van der Waals surface area contributed by atoms with Crippen molar-refractivity contribution < 1.29 is 17.7 Å². The second kappa shape index (κ2) is 7.85. The van der Waals surface area contributed by atoms with E-state index in [1.165, 1.54) is 11.1 Å². The summed E-state index contributed by atoms with van der Waals surface area (Å²) in [6.07, 6.45) is 0. The molecule has 0 aliphatic rings.